The number of pyridine rings is 1. The summed E-state index contributed by atoms with van der Waals surface area (Å²) >= 11 is 0. The molecule has 37 heavy (non-hydrogen) atoms. The number of hydrogen-bond acceptors (Lipinski definition) is 3. The van der Waals surface area contributed by atoms with Gasteiger partial charge >= 0.3 is 0 Å². The van der Waals surface area contributed by atoms with Crippen LogP contribution < -0.4 is 0 Å². The molecule has 0 aliphatic heterocycles. The molecule has 0 bridgehead atoms. The van der Waals surface area contributed by atoms with Crippen molar-refractivity contribution in [2.75, 3.05) is 0 Å². The van der Waals surface area contributed by atoms with Crippen LogP contribution in [0.25, 0.3) is 16.3 Å². The lowest BCUT2D eigenvalue weighted by atomic mass is 9.91. The standard InChI is InChI=1S/C33H21NO3/c35-31(23-13-4-1-5-14-23)27-28(32(36)24-15-6-2-7-16-24)30(33(37)25-17-8-3-9-18-25)34-21-20-22-12-10-11-19-26(22)29(27)34/h1-21H. The first-order valence-electron chi connectivity index (χ1n) is 12.0. The fraction of sp³-hybridized carbons (Fsp3) is 0. The van der Waals surface area contributed by atoms with Crippen molar-refractivity contribution in [3.05, 3.63) is 161 Å². The van der Waals surface area contributed by atoms with E-state index in [1.54, 1.807) is 83.4 Å². The van der Waals surface area contributed by atoms with E-state index in [4.69, 9.17) is 0 Å². The van der Waals surface area contributed by atoms with Gasteiger partial charge in [-0.15, -0.1) is 0 Å². The van der Waals surface area contributed by atoms with Crippen LogP contribution in [0.2, 0.25) is 0 Å². The van der Waals surface area contributed by atoms with Crippen molar-refractivity contribution in [2.45, 2.75) is 0 Å². The average molecular weight is 480 g/mol. The van der Waals surface area contributed by atoms with Crippen LogP contribution in [0.4, 0.5) is 0 Å². The quantitative estimate of drug-likeness (QED) is 0.247. The highest BCUT2D eigenvalue weighted by Crippen LogP contribution is 2.34. The molecule has 0 atom stereocenters. The van der Waals surface area contributed by atoms with E-state index in [0.717, 1.165) is 10.8 Å². The third kappa shape index (κ3) is 3.76. The maximum Gasteiger partial charge on any atom is 0.210 e. The van der Waals surface area contributed by atoms with Gasteiger partial charge in [0.05, 0.1) is 16.6 Å². The van der Waals surface area contributed by atoms with Gasteiger partial charge in [-0.05, 0) is 11.5 Å². The zero-order valence-corrected chi connectivity index (χ0v) is 19.8. The number of ketones is 3. The van der Waals surface area contributed by atoms with E-state index < -0.39 is 0 Å². The first kappa shape index (κ1) is 22.4. The summed E-state index contributed by atoms with van der Waals surface area (Å²) in [6.07, 6.45) is 1.78. The Balaban J connectivity index is 1.78. The zero-order chi connectivity index (χ0) is 25.4. The van der Waals surface area contributed by atoms with Gasteiger partial charge in [0.1, 0.15) is 5.69 Å². The molecule has 2 heterocycles. The van der Waals surface area contributed by atoms with E-state index in [0.29, 0.717) is 22.2 Å². The van der Waals surface area contributed by atoms with Gasteiger partial charge in [-0.3, -0.25) is 14.4 Å². The Kier molecular flexibility index (Phi) is 5.55. The van der Waals surface area contributed by atoms with Gasteiger partial charge in [0.2, 0.25) is 5.78 Å². The maximum atomic E-state index is 14.2. The molecule has 4 aromatic carbocycles. The van der Waals surface area contributed by atoms with Crippen LogP contribution in [-0.4, -0.2) is 21.8 Å². The highest BCUT2D eigenvalue weighted by Gasteiger charge is 2.33. The predicted octanol–water partition coefficient (Wildman–Crippen LogP) is 6.79. The Morgan fingerprint density at radius 2 is 0.919 bits per heavy atom. The molecule has 0 saturated heterocycles. The summed E-state index contributed by atoms with van der Waals surface area (Å²) in [5, 5.41) is 1.70. The number of aromatic nitrogens is 1. The molecule has 6 rings (SSSR count). The van der Waals surface area contributed by atoms with E-state index in [2.05, 4.69) is 0 Å². The Bertz CT molecular complexity index is 1800. The molecule has 4 heteroatoms. The van der Waals surface area contributed by atoms with Crippen LogP contribution in [-0.2, 0) is 0 Å². The first-order chi connectivity index (χ1) is 18.1. The minimum Gasteiger partial charge on any atom is -0.312 e. The topological polar surface area (TPSA) is 55.6 Å². The summed E-state index contributed by atoms with van der Waals surface area (Å²) in [5.74, 6) is -0.995. The molecular weight excluding hydrogens is 458 g/mol. The summed E-state index contributed by atoms with van der Waals surface area (Å²) in [4.78, 5) is 42.3. The van der Waals surface area contributed by atoms with Gasteiger partial charge in [-0.1, -0.05) is 115 Å². The van der Waals surface area contributed by atoms with E-state index in [1.165, 1.54) is 0 Å². The van der Waals surface area contributed by atoms with Crippen LogP contribution in [0.1, 0.15) is 47.9 Å². The molecule has 6 aromatic rings. The lowest BCUT2D eigenvalue weighted by Gasteiger charge is -2.08. The molecule has 0 amide bonds. The molecule has 0 fully saturated rings. The van der Waals surface area contributed by atoms with Crippen LogP contribution >= 0.6 is 0 Å². The third-order valence-corrected chi connectivity index (χ3v) is 6.60. The number of rotatable bonds is 6. The number of carbonyl (C=O) groups is 3. The third-order valence-electron chi connectivity index (χ3n) is 6.60. The number of hydrogen-bond donors (Lipinski definition) is 0. The van der Waals surface area contributed by atoms with Crippen molar-refractivity contribution in [1.29, 1.82) is 0 Å². The van der Waals surface area contributed by atoms with Crippen molar-refractivity contribution in [3.8, 4) is 0 Å². The Labute approximate surface area is 213 Å². The maximum absolute atomic E-state index is 14.2. The van der Waals surface area contributed by atoms with Crippen molar-refractivity contribution in [3.63, 3.8) is 0 Å². The molecule has 2 aromatic heterocycles. The molecule has 0 N–H and O–H groups in total. The second-order valence-electron chi connectivity index (χ2n) is 8.81. The minimum atomic E-state index is -0.369. The SMILES string of the molecule is O=C(c1ccccc1)c1c(C(=O)c2ccccc2)c2c3ccccc3ccn2c1C(=O)c1ccccc1. The van der Waals surface area contributed by atoms with Gasteiger partial charge in [-0.25, -0.2) is 0 Å². The number of benzene rings is 4. The summed E-state index contributed by atoms with van der Waals surface area (Å²) in [7, 11) is 0. The van der Waals surface area contributed by atoms with Crippen LogP contribution in [0.3, 0.4) is 0 Å². The highest BCUT2D eigenvalue weighted by atomic mass is 16.1. The summed E-state index contributed by atoms with van der Waals surface area (Å²) in [6.45, 7) is 0. The largest absolute Gasteiger partial charge is 0.312 e. The van der Waals surface area contributed by atoms with Crippen LogP contribution in [0, 0.1) is 0 Å². The van der Waals surface area contributed by atoms with Crippen molar-refractivity contribution in [2.24, 2.45) is 0 Å². The Morgan fingerprint density at radius 3 is 1.49 bits per heavy atom. The monoisotopic (exact) mass is 479 g/mol. The Hall–Kier alpha value is -5.09. The lowest BCUT2D eigenvalue weighted by Crippen LogP contribution is -2.15. The van der Waals surface area contributed by atoms with Crippen molar-refractivity contribution in [1.82, 2.24) is 4.40 Å². The van der Waals surface area contributed by atoms with Gasteiger partial charge in [0.15, 0.2) is 11.6 Å². The van der Waals surface area contributed by atoms with Gasteiger partial charge < -0.3 is 4.40 Å². The molecule has 0 radical (unpaired) electrons. The summed E-state index contributed by atoms with van der Waals surface area (Å²) < 4.78 is 1.71. The molecule has 0 aliphatic carbocycles. The minimum absolute atomic E-state index is 0.116. The van der Waals surface area contributed by atoms with Crippen LogP contribution in [0.5, 0.6) is 0 Å². The highest BCUT2D eigenvalue weighted by molar-refractivity contribution is 6.30. The Morgan fingerprint density at radius 1 is 0.459 bits per heavy atom. The fourth-order valence-electron chi connectivity index (χ4n) is 4.87. The van der Waals surface area contributed by atoms with Gasteiger partial charge in [-0.2, -0.15) is 0 Å². The molecule has 176 valence electrons. The second-order valence-corrected chi connectivity index (χ2v) is 8.81. The first-order valence-corrected chi connectivity index (χ1v) is 12.0. The van der Waals surface area contributed by atoms with E-state index in [9.17, 15) is 14.4 Å². The van der Waals surface area contributed by atoms with Crippen molar-refractivity contribution < 1.29 is 14.4 Å². The van der Waals surface area contributed by atoms with Gasteiger partial charge in [0, 0.05) is 28.3 Å². The van der Waals surface area contributed by atoms with Crippen molar-refractivity contribution >= 4 is 33.6 Å². The lowest BCUT2D eigenvalue weighted by molar-refractivity contribution is 0.0991. The second kappa shape index (κ2) is 9.17. The molecular formula is C33H21NO3. The number of fused-ring (bicyclic) bond motifs is 3. The predicted molar refractivity (Wildman–Crippen MR) is 145 cm³/mol. The van der Waals surface area contributed by atoms with Gasteiger partial charge in [0.25, 0.3) is 0 Å². The van der Waals surface area contributed by atoms with Crippen LogP contribution in [0.15, 0.2) is 128 Å². The van der Waals surface area contributed by atoms with E-state index in [1.807, 2.05) is 48.5 Å². The van der Waals surface area contributed by atoms with E-state index >= 15 is 0 Å². The molecule has 0 saturated carbocycles. The number of carbonyl (C=O) groups excluding carboxylic acids is 3. The molecule has 0 unspecified atom stereocenters. The molecule has 0 spiro atoms. The number of nitrogens with zero attached hydrogens (tertiary/aromatic N) is 1. The summed E-state index contributed by atoms with van der Waals surface area (Å²) in [5.41, 5.74) is 2.37. The average Bonchev–Trinajstić information content (AvgIpc) is 3.33. The molecule has 4 nitrogen and oxygen atoms in total. The zero-order valence-electron chi connectivity index (χ0n) is 19.8. The summed E-state index contributed by atoms with van der Waals surface area (Å²) in [6, 6.07) is 36.1. The van der Waals surface area contributed by atoms with E-state index in [-0.39, 0.29) is 34.2 Å². The normalized spacial score (nSPS) is 11.0. The smallest absolute Gasteiger partial charge is 0.210 e. The fourth-order valence-corrected chi connectivity index (χ4v) is 4.87. The molecule has 0 aliphatic rings.